The fraction of sp³-hybridized carbons (Fsp3) is 0.206. The van der Waals surface area contributed by atoms with Crippen molar-refractivity contribution in [3.05, 3.63) is 125 Å². The summed E-state index contributed by atoms with van der Waals surface area (Å²) in [6.07, 6.45) is 5.27. The summed E-state index contributed by atoms with van der Waals surface area (Å²) < 4.78 is 11.9. The van der Waals surface area contributed by atoms with Gasteiger partial charge in [0, 0.05) is 24.5 Å². The monoisotopic (exact) mass is 548 g/mol. The fourth-order valence-corrected chi connectivity index (χ4v) is 4.89. The molecule has 41 heavy (non-hydrogen) atoms. The number of ether oxygens (including phenoxy) is 2. The first-order valence-corrected chi connectivity index (χ1v) is 13.7. The van der Waals surface area contributed by atoms with Gasteiger partial charge in [-0.1, -0.05) is 49.7 Å². The number of rotatable bonds is 10. The summed E-state index contributed by atoms with van der Waals surface area (Å²) in [7, 11) is 0. The van der Waals surface area contributed by atoms with Crippen LogP contribution in [-0.4, -0.2) is 33.3 Å². The Kier molecular flexibility index (Phi) is 8.44. The van der Waals surface area contributed by atoms with E-state index in [1.807, 2.05) is 61.5 Å². The molecule has 1 saturated heterocycles. The molecule has 5 rings (SSSR count). The number of likely N-dealkylation sites (tertiary alicyclic amines) is 1. The minimum absolute atomic E-state index is 0.0230. The van der Waals surface area contributed by atoms with Crippen molar-refractivity contribution in [3.63, 3.8) is 0 Å². The van der Waals surface area contributed by atoms with E-state index in [-0.39, 0.29) is 17.9 Å². The van der Waals surface area contributed by atoms with E-state index in [2.05, 4.69) is 11.9 Å². The van der Waals surface area contributed by atoms with Crippen LogP contribution < -0.4 is 9.47 Å². The standard InChI is InChI=1S/C34H32N2O5/c1-3-4-18-40-29-16-15-26(19-23(29)2)32(37)30-31(36(34(39)33(30)38)22-24-10-9-17-35-21-24)25-11-8-14-28(20-25)41-27-12-6-5-7-13-27/h5-17,19-21,31,37H,3-4,18,22H2,1-2H3/t31-/m1/s1. The zero-order valence-corrected chi connectivity index (χ0v) is 23.1. The number of benzene rings is 3. The Morgan fingerprint density at radius 2 is 1.76 bits per heavy atom. The molecule has 208 valence electrons. The third-order valence-corrected chi connectivity index (χ3v) is 6.97. The maximum atomic E-state index is 13.5. The first-order chi connectivity index (χ1) is 20.0. The molecular formula is C34H32N2O5. The Morgan fingerprint density at radius 1 is 0.951 bits per heavy atom. The second kappa shape index (κ2) is 12.5. The van der Waals surface area contributed by atoms with Gasteiger partial charge in [-0.25, -0.2) is 0 Å². The Balaban J connectivity index is 1.57. The molecule has 0 aliphatic carbocycles. The molecule has 7 heteroatoms. The fourth-order valence-electron chi connectivity index (χ4n) is 4.89. The van der Waals surface area contributed by atoms with E-state index in [4.69, 9.17) is 9.47 Å². The van der Waals surface area contributed by atoms with Gasteiger partial charge in [-0.2, -0.15) is 0 Å². The van der Waals surface area contributed by atoms with Gasteiger partial charge in [-0.15, -0.1) is 0 Å². The zero-order valence-electron chi connectivity index (χ0n) is 23.1. The highest BCUT2D eigenvalue weighted by molar-refractivity contribution is 6.46. The SMILES string of the molecule is CCCCOc1ccc(C(O)=C2C(=O)C(=O)N(Cc3cccnc3)[C@@H]2c2cccc(Oc3ccccc3)c2)cc1C. The van der Waals surface area contributed by atoms with Crippen LogP contribution in [0.25, 0.3) is 5.76 Å². The normalized spacial score (nSPS) is 16.1. The number of carbonyl (C=O) groups is 2. The molecule has 0 radical (unpaired) electrons. The highest BCUT2D eigenvalue weighted by Gasteiger charge is 2.46. The van der Waals surface area contributed by atoms with Crippen molar-refractivity contribution in [2.24, 2.45) is 0 Å². The number of aromatic nitrogens is 1. The van der Waals surface area contributed by atoms with E-state index >= 15 is 0 Å². The van der Waals surface area contributed by atoms with E-state index in [9.17, 15) is 14.7 Å². The molecule has 2 heterocycles. The van der Waals surface area contributed by atoms with Gasteiger partial charge in [0.25, 0.3) is 11.7 Å². The minimum atomic E-state index is -0.838. The van der Waals surface area contributed by atoms with Gasteiger partial charge in [-0.3, -0.25) is 14.6 Å². The number of ketones is 1. The van der Waals surface area contributed by atoms with E-state index in [0.29, 0.717) is 35.0 Å². The molecule has 1 fully saturated rings. The summed E-state index contributed by atoms with van der Waals surface area (Å²) >= 11 is 0. The van der Waals surface area contributed by atoms with Gasteiger partial charge >= 0.3 is 0 Å². The van der Waals surface area contributed by atoms with E-state index in [1.54, 1.807) is 42.7 Å². The number of hydrogen-bond donors (Lipinski definition) is 1. The Hall–Kier alpha value is -4.91. The average molecular weight is 549 g/mol. The number of aliphatic hydroxyl groups excluding tert-OH is 1. The quantitative estimate of drug-likeness (QED) is 0.0995. The zero-order chi connectivity index (χ0) is 28.8. The highest BCUT2D eigenvalue weighted by atomic mass is 16.5. The van der Waals surface area contributed by atoms with Crippen molar-refractivity contribution in [2.75, 3.05) is 6.61 Å². The van der Waals surface area contributed by atoms with Gasteiger partial charge in [0.15, 0.2) is 0 Å². The summed E-state index contributed by atoms with van der Waals surface area (Å²) in [5, 5.41) is 11.6. The summed E-state index contributed by atoms with van der Waals surface area (Å²) in [4.78, 5) is 32.6. The molecule has 0 unspecified atom stereocenters. The highest BCUT2D eigenvalue weighted by Crippen LogP contribution is 2.41. The number of hydrogen-bond acceptors (Lipinski definition) is 6. The van der Waals surface area contributed by atoms with Gasteiger partial charge in [0.05, 0.1) is 18.2 Å². The summed E-state index contributed by atoms with van der Waals surface area (Å²) in [6, 6.07) is 24.7. The third-order valence-electron chi connectivity index (χ3n) is 6.97. The first-order valence-electron chi connectivity index (χ1n) is 13.7. The number of unbranched alkanes of at least 4 members (excludes halogenated alkanes) is 1. The number of para-hydroxylation sites is 1. The molecule has 1 N–H and O–H groups in total. The third kappa shape index (κ3) is 6.14. The molecule has 1 aliphatic rings. The molecular weight excluding hydrogens is 516 g/mol. The number of carbonyl (C=O) groups excluding carboxylic acids is 2. The Morgan fingerprint density at radius 3 is 2.49 bits per heavy atom. The maximum absolute atomic E-state index is 13.5. The molecule has 0 bridgehead atoms. The van der Waals surface area contributed by atoms with Crippen molar-refractivity contribution >= 4 is 17.4 Å². The van der Waals surface area contributed by atoms with E-state index in [0.717, 1.165) is 24.0 Å². The summed E-state index contributed by atoms with van der Waals surface area (Å²) in [6.45, 7) is 4.73. The number of aryl methyl sites for hydroxylation is 1. The molecule has 4 aromatic rings. The molecule has 7 nitrogen and oxygen atoms in total. The lowest BCUT2D eigenvalue weighted by atomic mass is 9.94. The van der Waals surface area contributed by atoms with Crippen molar-refractivity contribution in [1.82, 2.24) is 9.88 Å². The topological polar surface area (TPSA) is 89.0 Å². The van der Waals surface area contributed by atoms with Gasteiger partial charge in [-0.05, 0) is 78.6 Å². The molecule has 1 amide bonds. The van der Waals surface area contributed by atoms with Crippen molar-refractivity contribution in [1.29, 1.82) is 0 Å². The number of aliphatic hydroxyl groups is 1. The summed E-state index contributed by atoms with van der Waals surface area (Å²) in [5.41, 5.74) is 2.69. The smallest absolute Gasteiger partial charge is 0.295 e. The van der Waals surface area contributed by atoms with Crippen molar-refractivity contribution in [2.45, 2.75) is 39.3 Å². The number of pyridine rings is 1. The second-order valence-electron chi connectivity index (χ2n) is 9.96. The second-order valence-corrected chi connectivity index (χ2v) is 9.96. The molecule has 1 aliphatic heterocycles. The van der Waals surface area contributed by atoms with Crippen LogP contribution in [-0.2, 0) is 16.1 Å². The minimum Gasteiger partial charge on any atom is -0.507 e. The van der Waals surface area contributed by atoms with Crippen LogP contribution in [0.4, 0.5) is 0 Å². The maximum Gasteiger partial charge on any atom is 0.295 e. The Bertz CT molecular complexity index is 1570. The summed E-state index contributed by atoms with van der Waals surface area (Å²) in [5.74, 6) is 0.252. The molecule has 3 aromatic carbocycles. The predicted octanol–water partition coefficient (Wildman–Crippen LogP) is 6.98. The molecule has 0 saturated carbocycles. The van der Waals surface area contributed by atoms with Crippen molar-refractivity contribution in [3.8, 4) is 17.2 Å². The molecule has 1 atom stereocenters. The van der Waals surface area contributed by atoms with Crippen LogP contribution in [0, 0.1) is 6.92 Å². The van der Waals surface area contributed by atoms with Crippen molar-refractivity contribution < 1.29 is 24.2 Å². The number of amides is 1. The van der Waals surface area contributed by atoms with Crippen LogP contribution in [0.1, 0.15) is 48.1 Å². The van der Waals surface area contributed by atoms with Gasteiger partial charge in [0.1, 0.15) is 23.0 Å². The van der Waals surface area contributed by atoms with Crippen LogP contribution in [0.2, 0.25) is 0 Å². The Labute approximate surface area is 239 Å². The largest absolute Gasteiger partial charge is 0.507 e. The molecule has 1 aromatic heterocycles. The average Bonchev–Trinajstić information content (AvgIpc) is 3.24. The number of nitrogens with zero attached hydrogens (tertiary/aromatic N) is 2. The lowest BCUT2D eigenvalue weighted by molar-refractivity contribution is -0.140. The predicted molar refractivity (Wildman–Crippen MR) is 157 cm³/mol. The number of Topliss-reactive ketones (excluding diaryl/α,β-unsaturated/α-hetero) is 1. The van der Waals surface area contributed by atoms with Gasteiger partial charge in [0.2, 0.25) is 0 Å². The lowest BCUT2D eigenvalue weighted by Crippen LogP contribution is -2.29. The van der Waals surface area contributed by atoms with Crippen LogP contribution >= 0.6 is 0 Å². The van der Waals surface area contributed by atoms with Crippen LogP contribution in [0.5, 0.6) is 17.2 Å². The first kappa shape index (κ1) is 27.6. The molecule has 0 spiro atoms. The van der Waals surface area contributed by atoms with E-state index < -0.39 is 17.7 Å². The van der Waals surface area contributed by atoms with Crippen LogP contribution in [0.15, 0.2) is 103 Å². The van der Waals surface area contributed by atoms with Crippen LogP contribution in [0.3, 0.4) is 0 Å². The van der Waals surface area contributed by atoms with Gasteiger partial charge < -0.3 is 19.5 Å². The lowest BCUT2D eigenvalue weighted by Gasteiger charge is -2.25. The van der Waals surface area contributed by atoms with E-state index in [1.165, 1.54) is 4.90 Å².